The molecule has 0 aliphatic carbocycles. The fraction of sp³-hybridized carbons (Fsp3) is 0.857. The maximum Gasteiger partial charge on any atom is 0.0537 e. The summed E-state index contributed by atoms with van der Waals surface area (Å²) in [6, 6.07) is 0. The molecule has 0 heteroatoms. The Hall–Kier alpha value is -0.260. The Balaban J connectivity index is 3.31. The Bertz CT molecular complexity index is 149. The van der Waals surface area contributed by atoms with Crippen molar-refractivity contribution in [1.82, 2.24) is 0 Å². The average molecular weight is 197 g/mol. The van der Waals surface area contributed by atoms with Crippen LogP contribution in [0, 0.1) is 0 Å². The van der Waals surface area contributed by atoms with Crippen molar-refractivity contribution in [3.05, 3.63) is 12.1 Å². The van der Waals surface area contributed by atoms with Gasteiger partial charge in [0.05, 0.1) is 1.37 Å². The lowest BCUT2D eigenvalue weighted by atomic mass is 10.0. The maximum atomic E-state index is 7.32. The molecule has 14 heavy (non-hydrogen) atoms. The van der Waals surface area contributed by atoms with Crippen LogP contribution in [0.4, 0.5) is 0 Å². The summed E-state index contributed by atoms with van der Waals surface area (Å²) in [6.45, 7) is 6.06. The van der Waals surface area contributed by atoms with Crippen molar-refractivity contribution in [2.45, 2.75) is 78.1 Å². The van der Waals surface area contributed by atoms with E-state index >= 15 is 0 Å². The summed E-state index contributed by atoms with van der Waals surface area (Å²) < 4.78 is 7.32. The zero-order chi connectivity index (χ0) is 11.4. The molecule has 0 spiro atoms. The second-order valence-electron chi connectivity index (χ2n) is 4.28. The number of hydrogen-bond donors (Lipinski definition) is 0. The molecule has 0 atom stereocenters. The third-order valence-electron chi connectivity index (χ3n) is 2.70. The van der Waals surface area contributed by atoms with Crippen LogP contribution < -0.4 is 0 Å². The van der Waals surface area contributed by atoms with Gasteiger partial charge in [-0.3, -0.25) is 0 Å². The van der Waals surface area contributed by atoms with E-state index < -0.39 is 0 Å². The highest BCUT2D eigenvalue weighted by Gasteiger charge is 1.94. The molecule has 0 amide bonds. The van der Waals surface area contributed by atoms with Gasteiger partial charge in [0.2, 0.25) is 0 Å². The van der Waals surface area contributed by atoms with Crippen LogP contribution in [0.3, 0.4) is 0 Å². The number of allylic oxidation sites excluding steroid dienone is 1. The van der Waals surface area contributed by atoms with Gasteiger partial charge in [0.25, 0.3) is 0 Å². The van der Waals surface area contributed by atoms with E-state index in [1.54, 1.807) is 6.55 Å². The third-order valence-corrected chi connectivity index (χ3v) is 2.70. The van der Waals surface area contributed by atoms with E-state index in [9.17, 15) is 0 Å². The van der Waals surface area contributed by atoms with E-state index in [1.807, 2.05) is 0 Å². The lowest BCUT2D eigenvalue weighted by Gasteiger charge is -2.04. The van der Waals surface area contributed by atoms with Crippen LogP contribution in [-0.4, -0.2) is 0 Å². The minimum Gasteiger partial charge on any atom is -0.0999 e. The summed E-state index contributed by atoms with van der Waals surface area (Å²) >= 11 is 0. The maximum absolute atomic E-state index is 7.32. The van der Waals surface area contributed by atoms with Gasteiger partial charge < -0.3 is 0 Å². The van der Waals surface area contributed by atoms with Crippen molar-refractivity contribution < 1.29 is 1.37 Å². The highest BCUT2D eigenvalue weighted by Crippen LogP contribution is 2.14. The molecule has 0 unspecified atom stereocenters. The Morgan fingerprint density at radius 3 is 2.07 bits per heavy atom. The van der Waals surface area contributed by atoms with Crippen LogP contribution in [0.2, 0.25) is 0 Å². The fourth-order valence-electron chi connectivity index (χ4n) is 1.66. The van der Waals surface area contributed by atoms with Gasteiger partial charge in [-0.15, -0.1) is 0 Å². The van der Waals surface area contributed by atoms with Gasteiger partial charge >= 0.3 is 0 Å². The molecular weight excluding hydrogens is 168 g/mol. The van der Waals surface area contributed by atoms with Gasteiger partial charge in [-0.2, -0.15) is 0 Å². The van der Waals surface area contributed by atoms with Crippen LogP contribution in [0.15, 0.2) is 12.1 Å². The third kappa shape index (κ3) is 9.83. The summed E-state index contributed by atoms with van der Waals surface area (Å²) in [5.74, 6) is 0. The van der Waals surface area contributed by atoms with Crippen molar-refractivity contribution >= 4 is 0 Å². The summed E-state index contributed by atoms with van der Waals surface area (Å²) in [6.07, 6.45) is 12.9. The Morgan fingerprint density at radius 1 is 0.857 bits per heavy atom. The van der Waals surface area contributed by atoms with Crippen LogP contribution in [-0.2, 0) is 0 Å². The summed E-state index contributed by atoms with van der Waals surface area (Å²) in [5.41, 5.74) is 1.35. The number of unbranched alkanes of at least 4 members (excludes halogenated alkanes) is 6. The molecule has 0 rings (SSSR count). The minimum absolute atomic E-state index is 1.15. The molecule has 0 bridgehead atoms. The van der Waals surface area contributed by atoms with Gasteiger partial charge in [-0.25, -0.2) is 0 Å². The quantitative estimate of drug-likeness (QED) is 0.321. The first-order valence-electron chi connectivity index (χ1n) is 6.99. The van der Waals surface area contributed by atoms with Crippen LogP contribution >= 0.6 is 0 Å². The highest BCUT2D eigenvalue weighted by atomic mass is 14.0. The second kappa shape index (κ2) is 10.8. The Kier molecular flexibility index (Phi) is 9.13. The molecule has 0 N–H and O–H groups in total. The molecule has 0 aromatic rings. The summed E-state index contributed by atoms with van der Waals surface area (Å²) in [7, 11) is 0. The normalized spacial score (nSPS) is 13.0. The second-order valence-corrected chi connectivity index (χ2v) is 4.28. The SMILES string of the molecule is [2H]C=C(CCCC)CCCCCCCC. The molecular formula is C14H28. The largest absolute Gasteiger partial charge is 0.0999 e. The molecule has 0 nitrogen and oxygen atoms in total. The predicted octanol–water partition coefficient (Wildman–Crippen LogP) is 5.48. The zero-order valence-electron chi connectivity index (χ0n) is 11.1. The van der Waals surface area contributed by atoms with E-state index in [-0.39, 0.29) is 0 Å². The van der Waals surface area contributed by atoms with Crippen molar-refractivity contribution in [2.24, 2.45) is 0 Å². The predicted molar refractivity (Wildman–Crippen MR) is 66.7 cm³/mol. The summed E-state index contributed by atoms with van der Waals surface area (Å²) in [4.78, 5) is 0. The van der Waals surface area contributed by atoms with E-state index in [4.69, 9.17) is 1.37 Å². The lowest BCUT2D eigenvalue weighted by Crippen LogP contribution is -1.84. The smallest absolute Gasteiger partial charge is 0.0537 e. The molecule has 0 radical (unpaired) electrons. The van der Waals surface area contributed by atoms with Crippen molar-refractivity contribution in [1.29, 1.82) is 0 Å². The van der Waals surface area contributed by atoms with Crippen LogP contribution in [0.1, 0.15) is 79.4 Å². The first-order chi connectivity index (χ1) is 7.35. The molecule has 0 fully saturated rings. The molecule has 0 aromatic carbocycles. The summed E-state index contributed by atoms with van der Waals surface area (Å²) in [5, 5.41) is 0. The van der Waals surface area contributed by atoms with E-state index in [0.717, 1.165) is 12.8 Å². The monoisotopic (exact) mass is 197 g/mol. The van der Waals surface area contributed by atoms with E-state index in [1.165, 1.54) is 56.9 Å². The zero-order valence-corrected chi connectivity index (χ0v) is 10.1. The first-order valence-corrected chi connectivity index (χ1v) is 6.41. The van der Waals surface area contributed by atoms with Crippen molar-refractivity contribution in [3.63, 3.8) is 0 Å². The average Bonchev–Trinajstić information content (AvgIpc) is 2.27. The van der Waals surface area contributed by atoms with Crippen molar-refractivity contribution in [3.8, 4) is 0 Å². The van der Waals surface area contributed by atoms with E-state index in [0.29, 0.717) is 0 Å². The molecule has 0 heterocycles. The molecule has 0 saturated heterocycles. The number of hydrogen-bond acceptors (Lipinski definition) is 0. The lowest BCUT2D eigenvalue weighted by molar-refractivity contribution is 0.600. The molecule has 0 aliphatic heterocycles. The molecule has 0 aliphatic rings. The van der Waals surface area contributed by atoms with E-state index in [2.05, 4.69) is 13.8 Å². The Morgan fingerprint density at radius 2 is 1.43 bits per heavy atom. The number of rotatable bonds is 10. The van der Waals surface area contributed by atoms with Gasteiger partial charge in [0.15, 0.2) is 0 Å². The van der Waals surface area contributed by atoms with Gasteiger partial charge in [-0.05, 0) is 25.7 Å². The minimum atomic E-state index is 1.15. The van der Waals surface area contributed by atoms with Crippen LogP contribution in [0.25, 0.3) is 0 Å². The first kappa shape index (κ1) is 11.8. The molecule has 0 saturated carbocycles. The highest BCUT2D eigenvalue weighted by molar-refractivity contribution is 4.93. The van der Waals surface area contributed by atoms with Crippen molar-refractivity contribution in [2.75, 3.05) is 0 Å². The van der Waals surface area contributed by atoms with Gasteiger partial charge in [0, 0.05) is 0 Å². The Labute approximate surface area is 92.2 Å². The topological polar surface area (TPSA) is 0 Å². The van der Waals surface area contributed by atoms with Gasteiger partial charge in [0.1, 0.15) is 0 Å². The molecule has 84 valence electrons. The van der Waals surface area contributed by atoms with Gasteiger partial charge in [-0.1, -0.05) is 64.5 Å². The standard InChI is InChI=1S/C14H28/c1-4-6-8-9-10-11-13-14(3)12-7-5-2/h3-13H2,1-2H3/i3D. The fourth-order valence-corrected chi connectivity index (χ4v) is 1.66. The molecule has 0 aromatic heterocycles. The van der Waals surface area contributed by atoms with Crippen LogP contribution in [0.5, 0.6) is 0 Å².